The molecule has 0 N–H and O–H groups in total. The van der Waals surface area contributed by atoms with Gasteiger partial charge >= 0.3 is 33.0 Å². The Balaban J connectivity index is 0.000000232. The molecule has 3 heterocycles. The zero-order chi connectivity index (χ0) is 43.4. The fourth-order valence-corrected chi connectivity index (χ4v) is 8.05. The van der Waals surface area contributed by atoms with Gasteiger partial charge in [0.05, 0.1) is 11.4 Å². The minimum Gasteiger partial charge on any atom is 0 e. The third-order valence-corrected chi connectivity index (χ3v) is 10.9. The molecule has 4 aromatic carbocycles. The monoisotopic (exact) mass is 1030 g/mol. The van der Waals surface area contributed by atoms with Crippen molar-refractivity contribution in [2.45, 2.75) is 52.4 Å². The van der Waals surface area contributed by atoms with E-state index in [4.69, 9.17) is 0 Å². The number of benzene rings is 4. The van der Waals surface area contributed by atoms with Crippen LogP contribution in [0.1, 0.15) is 60.1 Å². The average molecular weight is 1030 g/mol. The van der Waals surface area contributed by atoms with Crippen molar-refractivity contribution in [2.24, 2.45) is 0 Å². The van der Waals surface area contributed by atoms with Crippen LogP contribution in [-0.4, -0.2) is 15.0 Å². The molecular formula is C49H45F6IrN4P-2. The molecule has 2 aliphatic carbocycles. The molecule has 61 heavy (non-hydrogen) atoms. The van der Waals surface area contributed by atoms with Crippen LogP contribution in [0.15, 0.2) is 153 Å². The van der Waals surface area contributed by atoms with Crippen molar-refractivity contribution in [3.05, 3.63) is 193 Å². The third kappa shape index (κ3) is 10.7. The molecule has 7 aromatic rings. The molecule has 0 saturated carbocycles. The number of fused-ring (bicyclic) bond motifs is 6. The topological polar surface area (TPSA) is 41.9 Å². The van der Waals surface area contributed by atoms with Gasteiger partial charge in [-0.25, -0.2) is 0 Å². The van der Waals surface area contributed by atoms with Gasteiger partial charge in [0.25, 0.3) is 0 Å². The number of rotatable bonds is 6. The van der Waals surface area contributed by atoms with Crippen LogP contribution in [0.2, 0.25) is 0 Å². The van der Waals surface area contributed by atoms with Crippen molar-refractivity contribution in [1.29, 1.82) is 0 Å². The summed E-state index contributed by atoms with van der Waals surface area (Å²) >= 11 is 0. The Bertz CT molecular complexity index is 2510. The molecule has 0 amide bonds. The summed E-state index contributed by atoms with van der Waals surface area (Å²) in [5.74, 6) is 0. The molecule has 4 nitrogen and oxygen atoms in total. The van der Waals surface area contributed by atoms with Gasteiger partial charge in [0, 0.05) is 67.6 Å². The van der Waals surface area contributed by atoms with Crippen LogP contribution in [0, 0.1) is 19.9 Å². The number of pyridine rings is 3. The number of halogens is 6. The van der Waals surface area contributed by atoms with Crippen molar-refractivity contribution < 1.29 is 45.3 Å². The van der Waals surface area contributed by atoms with Gasteiger partial charge in [-0.15, -0.1) is 42.5 Å². The molecule has 0 aliphatic heterocycles. The Morgan fingerprint density at radius 1 is 0.607 bits per heavy atom. The number of para-hydroxylation sites is 2. The van der Waals surface area contributed by atoms with Crippen LogP contribution in [0.3, 0.4) is 0 Å². The SMILES string of the molecule is C=C.CCC1(CC)c2cc(-c3ccccn3)[c-]cc2-c2ccc(N(c3ccccc3)c3ccccc3)cc21.Cc1ccnc2c1Cc1c(C)ccnc1-2.F[P-](F)(F)(F)(F)F.[Ir]. The van der Waals surface area contributed by atoms with Gasteiger partial charge in [-0.1, -0.05) is 79.6 Å². The second kappa shape index (κ2) is 17.9. The molecular weight excluding hydrogens is 982 g/mol. The molecule has 12 heteroatoms. The summed E-state index contributed by atoms with van der Waals surface area (Å²) in [7, 11) is -10.7. The third-order valence-electron chi connectivity index (χ3n) is 10.9. The second-order valence-corrected chi connectivity index (χ2v) is 16.4. The maximum Gasteiger partial charge on any atom is 0 e. The van der Waals surface area contributed by atoms with E-state index in [0.29, 0.717) is 0 Å². The fourth-order valence-electron chi connectivity index (χ4n) is 8.05. The van der Waals surface area contributed by atoms with E-state index in [9.17, 15) is 25.2 Å². The molecule has 0 fully saturated rings. The predicted molar refractivity (Wildman–Crippen MR) is 235 cm³/mol. The normalized spacial score (nSPS) is 13.5. The molecule has 1 radical (unpaired) electrons. The van der Waals surface area contributed by atoms with Crippen LogP contribution in [0.25, 0.3) is 33.8 Å². The van der Waals surface area contributed by atoms with Gasteiger partial charge < -0.3 is 9.88 Å². The zero-order valence-electron chi connectivity index (χ0n) is 34.2. The van der Waals surface area contributed by atoms with Gasteiger partial charge in [0.15, 0.2) is 0 Å². The van der Waals surface area contributed by atoms with Crippen molar-refractivity contribution in [2.75, 3.05) is 4.90 Å². The van der Waals surface area contributed by atoms with Gasteiger partial charge in [-0.3, -0.25) is 9.97 Å². The first-order valence-corrected chi connectivity index (χ1v) is 21.5. The Morgan fingerprint density at radius 3 is 1.57 bits per heavy atom. The van der Waals surface area contributed by atoms with Crippen LogP contribution in [0.4, 0.5) is 42.2 Å². The first-order valence-electron chi connectivity index (χ1n) is 19.5. The fraction of sp³-hybridized carbons (Fsp3) is 0.163. The van der Waals surface area contributed by atoms with Gasteiger partial charge in [-0.2, -0.15) is 0 Å². The summed E-state index contributed by atoms with van der Waals surface area (Å²) in [4.78, 5) is 15.8. The van der Waals surface area contributed by atoms with Crippen molar-refractivity contribution in [1.82, 2.24) is 15.0 Å². The molecule has 9 rings (SSSR count). The largest absolute Gasteiger partial charge is 0 e. The van der Waals surface area contributed by atoms with E-state index in [1.165, 1.54) is 50.2 Å². The maximum atomic E-state index is 9.87. The van der Waals surface area contributed by atoms with E-state index in [-0.39, 0.29) is 25.5 Å². The minimum absolute atomic E-state index is 0. The van der Waals surface area contributed by atoms with E-state index in [1.807, 2.05) is 30.7 Å². The molecule has 3 aromatic heterocycles. The summed E-state index contributed by atoms with van der Waals surface area (Å²) in [5.41, 5.74) is 18.4. The molecule has 0 atom stereocenters. The van der Waals surface area contributed by atoms with E-state index in [0.717, 1.165) is 53.3 Å². The number of anilines is 3. The quantitative estimate of drug-likeness (QED) is 0.0720. The number of aromatic nitrogens is 3. The zero-order valence-corrected chi connectivity index (χ0v) is 37.4. The van der Waals surface area contributed by atoms with E-state index < -0.39 is 7.81 Å². The van der Waals surface area contributed by atoms with Crippen molar-refractivity contribution in [3.8, 4) is 33.8 Å². The number of hydrogen-bond acceptors (Lipinski definition) is 4. The van der Waals surface area contributed by atoms with Crippen LogP contribution < -0.4 is 4.90 Å². The standard InChI is InChI=1S/C34H29N2.C13H12N2.C2H4.F6P.Ir/c1-3-34(4-2)31-23-25(33-17-11-12-22-35-33)18-20-29(31)30-21-19-28(24-32(30)34)36(26-13-7-5-8-14-26)27-15-9-6-10-16-27;1-8-3-5-14-12-10(8)7-11-9(2)4-6-15-13(11)12;1-2;1-7(2,3,4,5)6;/h5-17,19-24H,3-4H2,1-2H3;3-6H,7H2,1-2H3;1-2H2;;/q-1;;;-1;. The van der Waals surface area contributed by atoms with Crippen molar-refractivity contribution in [3.63, 3.8) is 0 Å². The summed E-state index contributed by atoms with van der Waals surface area (Å²) in [6, 6.07) is 46.5. The van der Waals surface area contributed by atoms with Crippen molar-refractivity contribution >= 4 is 24.9 Å². The smallest absolute Gasteiger partial charge is 0 e. The summed E-state index contributed by atoms with van der Waals surface area (Å²) in [6.45, 7) is 14.9. The molecule has 0 unspecified atom stereocenters. The summed E-state index contributed by atoms with van der Waals surface area (Å²) in [6.07, 6.45) is 8.65. The van der Waals surface area contributed by atoms with E-state index >= 15 is 0 Å². The minimum atomic E-state index is -10.7. The molecule has 2 aliphatic rings. The number of nitrogens with zero attached hydrogens (tertiary/aromatic N) is 4. The van der Waals surface area contributed by atoms with Gasteiger partial charge in [-0.05, 0) is 115 Å². The van der Waals surface area contributed by atoms with Crippen LogP contribution >= 0.6 is 7.81 Å². The number of hydrogen-bond donors (Lipinski definition) is 0. The Labute approximate surface area is 367 Å². The Morgan fingerprint density at radius 2 is 1.10 bits per heavy atom. The van der Waals surface area contributed by atoms with E-state index in [2.05, 4.69) is 176 Å². The number of aryl methyl sites for hydroxylation is 2. The van der Waals surface area contributed by atoms with E-state index in [1.54, 1.807) is 0 Å². The molecule has 319 valence electrons. The first-order chi connectivity index (χ1) is 28.5. The maximum absolute atomic E-state index is 10.7. The summed E-state index contributed by atoms with van der Waals surface area (Å²) < 4.78 is 59.2. The van der Waals surface area contributed by atoms with Gasteiger partial charge in [0.2, 0.25) is 0 Å². The van der Waals surface area contributed by atoms with Gasteiger partial charge in [0.1, 0.15) is 0 Å². The average Bonchev–Trinajstić information content (AvgIpc) is 3.77. The summed E-state index contributed by atoms with van der Waals surface area (Å²) in [5, 5.41) is 0. The molecule has 0 spiro atoms. The molecule has 0 saturated heterocycles. The Kier molecular flexibility index (Phi) is 13.6. The molecule has 0 bridgehead atoms. The van der Waals surface area contributed by atoms with Crippen LogP contribution in [-0.2, 0) is 31.9 Å². The first kappa shape index (κ1) is 46.6. The second-order valence-electron chi connectivity index (χ2n) is 14.5. The Hall–Kier alpha value is -5.47. The predicted octanol–water partition coefficient (Wildman–Crippen LogP) is 16.0. The van der Waals surface area contributed by atoms with Crippen LogP contribution in [0.5, 0.6) is 0 Å².